The van der Waals surface area contributed by atoms with Crippen molar-refractivity contribution in [3.8, 4) is 0 Å². The molecule has 5 rings (SSSR count). The van der Waals surface area contributed by atoms with Gasteiger partial charge < -0.3 is 21.3 Å². The lowest BCUT2D eigenvalue weighted by Gasteiger charge is -2.63. The zero-order valence-electron chi connectivity index (χ0n) is 22.7. The molecule has 4 aliphatic carbocycles. The first-order valence-electron chi connectivity index (χ1n) is 14.5. The summed E-state index contributed by atoms with van der Waals surface area (Å²) in [6.45, 7) is 6.29. The highest BCUT2D eigenvalue weighted by Crippen LogP contribution is 2.68. The van der Waals surface area contributed by atoms with Crippen LogP contribution in [0.4, 0.5) is 5.69 Å². The first kappa shape index (κ1) is 26.6. The predicted molar refractivity (Wildman–Crippen MR) is 149 cm³/mol. The Bertz CT molecular complexity index is 987. The smallest absolute Gasteiger partial charge is 0.214 e. The first-order chi connectivity index (χ1) is 17.7. The third-order valence-electron chi connectivity index (χ3n) is 11.2. The van der Waals surface area contributed by atoms with Gasteiger partial charge in [-0.3, -0.25) is 5.41 Å². The van der Waals surface area contributed by atoms with Crippen LogP contribution in [0.3, 0.4) is 0 Å². The fourth-order valence-electron chi connectivity index (χ4n) is 8.94. The molecular formula is C30H47N5O2. The van der Waals surface area contributed by atoms with Crippen molar-refractivity contribution in [2.45, 2.75) is 89.8 Å². The number of ether oxygens (including phenoxy) is 1. The largest absolute Gasteiger partial charge is 0.389 e. The number of guanidine groups is 1. The molecule has 0 aliphatic heterocycles. The topological polar surface area (TPSA) is 121 Å². The lowest BCUT2D eigenvalue weighted by Crippen LogP contribution is -2.62. The van der Waals surface area contributed by atoms with Crippen LogP contribution in [0.5, 0.6) is 0 Å². The fourth-order valence-corrected chi connectivity index (χ4v) is 8.94. The van der Waals surface area contributed by atoms with E-state index < -0.39 is 5.60 Å². The van der Waals surface area contributed by atoms with Crippen LogP contribution in [0, 0.1) is 39.9 Å². The second-order valence-corrected chi connectivity index (χ2v) is 12.7. The molecule has 7 nitrogen and oxygen atoms in total. The SMILES string of the molecule is C[C@]12CCC(OCCCN)CC1CC[C@@H]1[C@H]2CC[C@]2(C)C(/C=N/N(C(=N)N)c3ccccc3)CC[C@@]12O. The summed E-state index contributed by atoms with van der Waals surface area (Å²) in [5.41, 5.74) is 11.7. The molecule has 4 aliphatic rings. The molecule has 1 aromatic rings. The van der Waals surface area contributed by atoms with E-state index in [0.717, 1.165) is 57.2 Å². The zero-order valence-corrected chi connectivity index (χ0v) is 22.7. The molecule has 0 amide bonds. The highest BCUT2D eigenvalue weighted by atomic mass is 16.5. The van der Waals surface area contributed by atoms with E-state index in [1.54, 1.807) is 0 Å². The summed E-state index contributed by atoms with van der Waals surface area (Å²) in [4.78, 5) is 0. The van der Waals surface area contributed by atoms with Crippen molar-refractivity contribution >= 4 is 17.9 Å². The number of hydrazone groups is 1. The van der Waals surface area contributed by atoms with Crippen molar-refractivity contribution < 1.29 is 9.84 Å². The number of para-hydroxylation sites is 1. The van der Waals surface area contributed by atoms with E-state index in [1.807, 2.05) is 36.5 Å². The third kappa shape index (κ3) is 4.51. The number of benzene rings is 1. The number of hydrogen-bond donors (Lipinski definition) is 4. The van der Waals surface area contributed by atoms with Crippen molar-refractivity contribution in [3.05, 3.63) is 30.3 Å². The Labute approximate surface area is 222 Å². The Balaban J connectivity index is 1.32. The Morgan fingerprint density at radius 2 is 1.89 bits per heavy atom. The minimum atomic E-state index is -0.664. The molecule has 8 atom stereocenters. The molecule has 0 bridgehead atoms. The van der Waals surface area contributed by atoms with Crippen molar-refractivity contribution in [1.82, 2.24) is 0 Å². The van der Waals surface area contributed by atoms with Gasteiger partial charge in [0.05, 0.1) is 17.4 Å². The van der Waals surface area contributed by atoms with Crippen molar-refractivity contribution in [2.75, 3.05) is 18.2 Å². The van der Waals surface area contributed by atoms with Gasteiger partial charge in [0.25, 0.3) is 0 Å². The maximum Gasteiger partial charge on any atom is 0.214 e. The molecule has 3 unspecified atom stereocenters. The quantitative estimate of drug-likeness (QED) is 0.181. The fraction of sp³-hybridized carbons (Fsp3) is 0.733. The van der Waals surface area contributed by atoms with Gasteiger partial charge in [-0.1, -0.05) is 32.0 Å². The summed E-state index contributed by atoms with van der Waals surface area (Å²) >= 11 is 0. The molecule has 37 heavy (non-hydrogen) atoms. The maximum absolute atomic E-state index is 12.4. The maximum atomic E-state index is 12.4. The molecule has 0 aromatic heterocycles. The number of rotatable bonds is 7. The van der Waals surface area contributed by atoms with Crippen LogP contribution in [-0.2, 0) is 4.74 Å². The second-order valence-electron chi connectivity index (χ2n) is 12.7. The van der Waals surface area contributed by atoms with Gasteiger partial charge in [-0.15, -0.1) is 0 Å². The van der Waals surface area contributed by atoms with E-state index in [2.05, 4.69) is 13.8 Å². The number of anilines is 1. The van der Waals surface area contributed by atoms with Crippen LogP contribution in [-0.4, -0.2) is 42.1 Å². The Morgan fingerprint density at radius 3 is 2.62 bits per heavy atom. The zero-order chi connectivity index (χ0) is 26.3. The standard InChI is InChI=1S/C30H47N5O2/c1-28-14-12-24(37-18-6-17-31)19-21(28)9-10-26-25(28)13-15-29(2)22(11-16-30(26,29)36)20-34-35(27(32)33)23-7-4-3-5-8-23/h3-5,7-8,20-22,24-26,36H,6,9-19,31H2,1-2H3,(H3,32,33)/b34-20+/t21?,22?,24?,25-,26-,28+,29-,30-/m1/s1. The first-order valence-corrected chi connectivity index (χ1v) is 14.5. The van der Waals surface area contributed by atoms with Crippen molar-refractivity contribution in [2.24, 2.45) is 51.1 Å². The molecular weight excluding hydrogens is 462 g/mol. The molecule has 0 radical (unpaired) electrons. The number of nitrogens with two attached hydrogens (primary N) is 2. The summed E-state index contributed by atoms with van der Waals surface area (Å²) < 4.78 is 6.20. The van der Waals surface area contributed by atoms with E-state index in [0.29, 0.717) is 35.8 Å². The van der Waals surface area contributed by atoms with Crippen LogP contribution >= 0.6 is 0 Å². The monoisotopic (exact) mass is 509 g/mol. The van der Waals surface area contributed by atoms with Crippen molar-refractivity contribution in [1.29, 1.82) is 5.41 Å². The van der Waals surface area contributed by atoms with Gasteiger partial charge in [0.1, 0.15) is 0 Å². The highest BCUT2D eigenvalue weighted by Gasteiger charge is 2.67. The average molecular weight is 510 g/mol. The number of nitrogens with one attached hydrogen (secondary N) is 1. The van der Waals surface area contributed by atoms with Crippen LogP contribution in [0.2, 0.25) is 0 Å². The van der Waals surface area contributed by atoms with Crippen molar-refractivity contribution in [3.63, 3.8) is 0 Å². The summed E-state index contributed by atoms with van der Waals surface area (Å²) in [7, 11) is 0. The van der Waals surface area contributed by atoms with E-state index in [1.165, 1.54) is 24.3 Å². The van der Waals surface area contributed by atoms with E-state index in [-0.39, 0.29) is 17.3 Å². The summed E-state index contributed by atoms with van der Waals surface area (Å²) in [6.07, 6.45) is 13.0. The van der Waals surface area contributed by atoms with E-state index >= 15 is 0 Å². The molecule has 1 aromatic carbocycles. The molecule has 0 heterocycles. The minimum Gasteiger partial charge on any atom is -0.389 e. The van der Waals surface area contributed by atoms with Crippen LogP contribution in [0.25, 0.3) is 0 Å². The molecule has 0 saturated heterocycles. The van der Waals surface area contributed by atoms with Gasteiger partial charge >= 0.3 is 0 Å². The number of aliphatic hydroxyl groups is 1. The Hall–Kier alpha value is -1.96. The summed E-state index contributed by atoms with van der Waals surface area (Å²) in [5, 5.41) is 26.7. The molecule has 0 spiro atoms. The average Bonchev–Trinajstić information content (AvgIpc) is 3.15. The van der Waals surface area contributed by atoms with Gasteiger partial charge in [0, 0.05) is 24.2 Å². The van der Waals surface area contributed by atoms with E-state index in [9.17, 15) is 5.11 Å². The van der Waals surface area contributed by atoms with Crippen LogP contribution in [0.15, 0.2) is 35.4 Å². The summed E-state index contributed by atoms with van der Waals surface area (Å²) in [6, 6.07) is 9.61. The van der Waals surface area contributed by atoms with E-state index in [4.69, 9.17) is 26.7 Å². The predicted octanol–water partition coefficient (Wildman–Crippen LogP) is 4.88. The molecule has 7 heteroatoms. The van der Waals surface area contributed by atoms with Gasteiger partial charge in [0.2, 0.25) is 5.96 Å². The third-order valence-corrected chi connectivity index (χ3v) is 11.2. The second kappa shape index (κ2) is 10.3. The number of hydrogen-bond acceptors (Lipinski definition) is 5. The van der Waals surface area contributed by atoms with Crippen LogP contribution in [0.1, 0.15) is 78.1 Å². The molecule has 6 N–H and O–H groups in total. The van der Waals surface area contributed by atoms with Gasteiger partial charge in [-0.05, 0) is 106 Å². The van der Waals surface area contributed by atoms with Crippen LogP contribution < -0.4 is 16.5 Å². The van der Waals surface area contributed by atoms with Gasteiger partial charge in [-0.25, -0.2) is 5.01 Å². The Morgan fingerprint density at radius 1 is 1.11 bits per heavy atom. The molecule has 204 valence electrons. The summed E-state index contributed by atoms with van der Waals surface area (Å²) in [5.74, 6) is 1.67. The number of fused-ring (bicyclic) bond motifs is 5. The Kier molecular flexibility index (Phi) is 7.42. The normalized spacial score (nSPS) is 41.1. The van der Waals surface area contributed by atoms with Gasteiger partial charge in [0.15, 0.2) is 0 Å². The molecule has 4 fully saturated rings. The molecule has 4 saturated carbocycles. The number of nitrogens with zero attached hydrogens (tertiary/aromatic N) is 2. The highest BCUT2D eigenvalue weighted by molar-refractivity contribution is 5.93. The van der Waals surface area contributed by atoms with Gasteiger partial charge in [-0.2, -0.15) is 5.10 Å². The minimum absolute atomic E-state index is 0.0987. The lowest BCUT2D eigenvalue weighted by molar-refractivity contribution is -0.207. The lowest BCUT2D eigenvalue weighted by atomic mass is 9.43.